The number of hydrogen-bond donors (Lipinski definition) is 0. The van der Waals surface area contributed by atoms with E-state index in [1.807, 2.05) is 37.8 Å². The summed E-state index contributed by atoms with van der Waals surface area (Å²) in [5, 5.41) is 0.884. The van der Waals surface area contributed by atoms with Crippen molar-refractivity contribution >= 4 is 28.6 Å². The van der Waals surface area contributed by atoms with Gasteiger partial charge >= 0.3 is 6.09 Å². The first kappa shape index (κ1) is 23.5. The Kier molecular flexibility index (Phi) is 5.11. The van der Waals surface area contributed by atoms with Gasteiger partial charge in [0.05, 0.1) is 27.0 Å². The van der Waals surface area contributed by atoms with Crippen LogP contribution in [-0.4, -0.2) is 38.2 Å². The minimum atomic E-state index is -0.492. The average Bonchev–Trinajstić information content (AvgIpc) is 3.19. The molecule has 1 amide bonds. The number of hydrogen-bond acceptors (Lipinski definition) is 4. The molecule has 3 aliphatic heterocycles. The molecule has 36 heavy (non-hydrogen) atoms. The van der Waals surface area contributed by atoms with Gasteiger partial charge in [-0.2, -0.15) is 4.98 Å². The Labute approximate surface area is 216 Å². The normalized spacial score (nSPS) is 24.1. The Morgan fingerprint density at radius 2 is 1.81 bits per heavy atom. The summed E-state index contributed by atoms with van der Waals surface area (Å²) in [5.41, 5.74) is 3.10. The monoisotopic (exact) mass is 505 g/mol. The Balaban J connectivity index is 1.39. The molecule has 2 saturated heterocycles. The summed E-state index contributed by atoms with van der Waals surface area (Å²) in [5.74, 6) is 1.11. The van der Waals surface area contributed by atoms with Crippen molar-refractivity contribution in [1.29, 1.82) is 0 Å². The Hall–Kier alpha value is -2.86. The van der Waals surface area contributed by atoms with E-state index in [0.717, 1.165) is 48.3 Å². The molecule has 188 valence electrons. The third kappa shape index (κ3) is 3.48. The predicted octanol–water partition coefficient (Wildman–Crippen LogP) is 6.32. The summed E-state index contributed by atoms with van der Waals surface area (Å²) in [7, 11) is 0. The quantitative estimate of drug-likeness (QED) is 0.388. The molecule has 2 bridgehead atoms. The van der Waals surface area contributed by atoms with E-state index in [9.17, 15) is 9.59 Å². The van der Waals surface area contributed by atoms with Gasteiger partial charge in [0.1, 0.15) is 11.4 Å². The predicted molar refractivity (Wildman–Crippen MR) is 141 cm³/mol. The summed E-state index contributed by atoms with van der Waals surface area (Å²) in [6.07, 6.45) is 3.72. The number of aromatic nitrogens is 2. The van der Waals surface area contributed by atoms with E-state index in [0.29, 0.717) is 16.3 Å². The lowest BCUT2D eigenvalue weighted by Crippen LogP contribution is -2.48. The van der Waals surface area contributed by atoms with Crippen LogP contribution >= 0.6 is 11.6 Å². The number of amides is 1. The molecule has 3 aromatic rings. The van der Waals surface area contributed by atoms with E-state index in [4.69, 9.17) is 16.3 Å². The molecule has 6 nitrogen and oxygen atoms in total. The Morgan fingerprint density at radius 1 is 1.11 bits per heavy atom. The maximum absolute atomic E-state index is 12.9. The molecule has 6 rings (SSSR count). The summed E-state index contributed by atoms with van der Waals surface area (Å²) < 4.78 is 7.84. The van der Waals surface area contributed by atoms with Crippen molar-refractivity contribution in [3.8, 4) is 5.69 Å². The van der Waals surface area contributed by atoms with Crippen LogP contribution in [0.5, 0.6) is 0 Å². The van der Waals surface area contributed by atoms with Crippen LogP contribution in [0, 0.1) is 0 Å². The lowest BCUT2D eigenvalue weighted by molar-refractivity contribution is 0.00584. The molecule has 2 unspecified atom stereocenters. The van der Waals surface area contributed by atoms with Crippen LogP contribution in [0.1, 0.15) is 83.2 Å². The van der Waals surface area contributed by atoms with Crippen LogP contribution in [0.25, 0.3) is 16.6 Å². The van der Waals surface area contributed by atoms with Gasteiger partial charge in [-0.15, -0.1) is 0 Å². The van der Waals surface area contributed by atoms with Crippen LogP contribution in [0.15, 0.2) is 41.2 Å². The van der Waals surface area contributed by atoms with Crippen molar-refractivity contribution in [2.24, 2.45) is 0 Å². The SMILES string of the molecule is CC(C)(C)OC(=O)N1C2CCC1CC(c1ccc3c(c1)-n1c(nc(=O)c4c(Cl)cccc41)C3(C)C)C2. The highest BCUT2D eigenvalue weighted by Gasteiger charge is 2.46. The molecule has 0 aliphatic carbocycles. The molecule has 3 aliphatic rings. The lowest BCUT2D eigenvalue weighted by atomic mass is 9.81. The van der Waals surface area contributed by atoms with Crippen molar-refractivity contribution in [2.75, 3.05) is 0 Å². The van der Waals surface area contributed by atoms with Crippen molar-refractivity contribution in [3.05, 3.63) is 68.7 Å². The van der Waals surface area contributed by atoms with Gasteiger partial charge in [0, 0.05) is 12.1 Å². The van der Waals surface area contributed by atoms with Gasteiger partial charge in [-0.25, -0.2) is 4.79 Å². The smallest absolute Gasteiger partial charge is 0.410 e. The van der Waals surface area contributed by atoms with Gasteiger partial charge < -0.3 is 9.64 Å². The first-order valence-electron chi connectivity index (χ1n) is 12.8. The molecule has 4 heterocycles. The number of nitrogens with zero attached hydrogens (tertiary/aromatic N) is 3. The van der Waals surface area contributed by atoms with E-state index < -0.39 is 11.0 Å². The van der Waals surface area contributed by atoms with Gasteiger partial charge in [-0.3, -0.25) is 9.36 Å². The molecular weight excluding hydrogens is 474 g/mol. The number of ether oxygens (including phenoxy) is 1. The Bertz CT molecular complexity index is 1460. The number of rotatable bonds is 1. The molecule has 2 aromatic carbocycles. The van der Waals surface area contributed by atoms with Gasteiger partial charge in [0.2, 0.25) is 0 Å². The number of carbonyl (C=O) groups excluding carboxylic acids is 1. The molecule has 0 N–H and O–H groups in total. The second-order valence-electron chi connectivity index (χ2n) is 12.1. The van der Waals surface area contributed by atoms with Crippen molar-refractivity contribution in [1.82, 2.24) is 14.5 Å². The third-order valence-corrected chi connectivity index (χ3v) is 8.48. The van der Waals surface area contributed by atoms with Gasteiger partial charge in [0.25, 0.3) is 5.56 Å². The summed E-state index contributed by atoms with van der Waals surface area (Å²) in [6, 6.07) is 12.7. The van der Waals surface area contributed by atoms with Crippen molar-refractivity contribution < 1.29 is 9.53 Å². The van der Waals surface area contributed by atoms with Crippen molar-refractivity contribution in [2.45, 2.75) is 89.3 Å². The van der Waals surface area contributed by atoms with Gasteiger partial charge in [-0.1, -0.05) is 29.8 Å². The maximum Gasteiger partial charge on any atom is 0.410 e. The van der Waals surface area contributed by atoms with Crippen LogP contribution in [0.3, 0.4) is 0 Å². The van der Waals surface area contributed by atoms with E-state index in [-0.39, 0.29) is 23.7 Å². The largest absolute Gasteiger partial charge is 0.444 e. The number of benzene rings is 2. The summed E-state index contributed by atoms with van der Waals surface area (Å²) >= 11 is 6.44. The summed E-state index contributed by atoms with van der Waals surface area (Å²) in [6.45, 7) is 9.99. The molecule has 0 spiro atoms. The minimum absolute atomic E-state index is 0.184. The third-order valence-electron chi connectivity index (χ3n) is 8.17. The van der Waals surface area contributed by atoms with E-state index in [1.54, 1.807) is 6.07 Å². The summed E-state index contributed by atoms with van der Waals surface area (Å²) in [4.78, 5) is 32.3. The van der Waals surface area contributed by atoms with E-state index in [1.165, 1.54) is 5.56 Å². The molecular formula is C29H32ClN3O3. The highest BCUT2D eigenvalue weighted by atomic mass is 35.5. The number of halogens is 1. The highest BCUT2D eigenvalue weighted by Crippen LogP contribution is 2.47. The second kappa shape index (κ2) is 7.82. The maximum atomic E-state index is 12.9. The van der Waals surface area contributed by atoms with Crippen LogP contribution in [0.2, 0.25) is 5.02 Å². The van der Waals surface area contributed by atoms with E-state index >= 15 is 0 Å². The zero-order valence-electron chi connectivity index (χ0n) is 21.5. The standard InChI is InChI=1S/C29H32ClN3O3/c1-28(2,3)36-27(35)32-18-10-11-19(32)14-17(13-18)16-9-12-20-23(15-16)33-22-8-6-7-21(30)24(22)25(34)31-26(33)29(20,4)5/h6-9,12,15,17-19H,10-11,13-14H2,1-5H3. The molecule has 0 saturated carbocycles. The van der Waals surface area contributed by atoms with Crippen LogP contribution < -0.4 is 5.56 Å². The molecule has 7 heteroatoms. The second-order valence-corrected chi connectivity index (χ2v) is 12.5. The molecule has 1 aromatic heterocycles. The molecule has 2 atom stereocenters. The van der Waals surface area contributed by atoms with Crippen LogP contribution in [-0.2, 0) is 10.2 Å². The van der Waals surface area contributed by atoms with Crippen molar-refractivity contribution in [3.63, 3.8) is 0 Å². The van der Waals surface area contributed by atoms with E-state index in [2.05, 4.69) is 41.6 Å². The minimum Gasteiger partial charge on any atom is -0.444 e. The Morgan fingerprint density at radius 3 is 2.47 bits per heavy atom. The first-order chi connectivity index (χ1) is 17.0. The first-order valence-corrected chi connectivity index (χ1v) is 13.2. The zero-order valence-corrected chi connectivity index (χ0v) is 22.2. The van der Waals surface area contributed by atoms with Gasteiger partial charge in [-0.05, 0) is 95.5 Å². The molecule has 2 fully saturated rings. The zero-order chi connectivity index (χ0) is 25.6. The molecule has 0 radical (unpaired) electrons. The number of piperidine rings is 1. The topological polar surface area (TPSA) is 64.4 Å². The lowest BCUT2D eigenvalue weighted by Gasteiger charge is -2.39. The van der Waals surface area contributed by atoms with Gasteiger partial charge in [0.15, 0.2) is 0 Å². The van der Waals surface area contributed by atoms with Crippen LogP contribution in [0.4, 0.5) is 4.79 Å². The fourth-order valence-electron chi connectivity index (χ4n) is 6.59. The fourth-order valence-corrected chi connectivity index (χ4v) is 6.84. The fraction of sp³-hybridized carbons (Fsp3) is 0.483. The highest BCUT2D eigenvalue weighted by molar-refractivity contribution is 6.35. The average molecular weight is 506 g/mol. The number of carbonyl (C=O) groups is 1. The number of fused-ring (bicyclic) bond motifs is 7.